The van der Waals surface area contributed by atoms with Gasteiger partial charge in [-0.15, -0.1) is 0 Å². The number of methoxy groups -OCH3 is 2. The van der Waals surface area contributed by atoms with Crippen LogP contribution in [0.5, 0.6) is 0 Å². The topological polar surface area (TPSA) is 55.8 Å². The van der Waals surface area contributed by atoms with Crippen LogP contribution in [0, 0.1) is 0 Å². The first kappa shape index (κ1) is 19.8. The second-order valence-electron chi connectivity index (χ2n) is 4.68. The van der Waals surface area contributed by atoms with E-state index in [4.69, 9.17) is 9.47 Å². The Kier molecular flexibility index (Phi) is 10.4. The third-order valence-electron chi connectivity index (χ3n) is 3.07. The van der Waals surface area contributed by atoms with Crippen molar-refractivity contribution in [2.24, 2.45) is 0 Å². The molecule has 118 valence electrons. The monoisotopic (exact) mass is 323 g/mol. The number of amides is 1. The molecule has 0 aromatic rings. The Morgan fingerprint density at radius 3 is 2.30 bits per heavy atom. The smallest absolute Gasteiger partial charge is 0.222 e. The van der Waals surface area contributed by atoms with E-state index in [1.165, 1.54) is 4.90 Å². The van der Waals surface area contributed by atoms with E-state index in [-0.39, 0.29) is 10.7 Å². The van der Waals surface area contributed by atoms with E-state index in [0.29, 0.717) is 26.1 Å². The maximum absolute atomic E-state index is 12.1. The molecular weight excluding hydrogens is 298 g/mol. The number of ether oxygens (including phenoxy) is 2. The predicted octanol–water partition coefficient (Wildman–Crippen LogP) is 1.86. The van der Waals surface area contributed by atoms with Crippen LogP contribution >= 0.6 is 21.6 Å². The number of carbonyl (C=O) groups is 2. The van der Waals surface area contributed by atoms with Gasteiger partial charge >= 0.3 is 0 Å². The molecule has 0 aromatic carbocycles. The molecule has 0 aromatic heterocycles. The highest BCUT2D eigenvalue weighted by Crippen LogP contribution is 2.38. The number of nitrogens with zero attached hydrogens (tertiary/aromatic N) is 1. The molecule has 0 aliphatic heterocycles. The van der Waals surface area contributed by atoms with Crippen LogP contribution in [-0.4, -0.2) is 68.6 Å². The van der Waals surface area contributed by atoms with Crippen molar-refractivity contribution in [3.05, 3.63) is 0 Å². The summed E-state index contributed by atoms with van der Waals surface area (Å²) in [5.74, 6) is -0.0390. The molecular formula is C13H25NO4S2. The average Bonchev–Trinajstić information content (AvgIpc) is 2.44. The van der Waals surface area contributed by atoms with Gasteiger partial charge in [0.15, 0.2) is 0 Å². The maximum Gasteiger partial charge on any atom is 0.222 e. The lowest BCUT2D eigenvalue weighted by Gasteiger charge is -2.31. The summed E-state index contributed by atoms with van der Waals surface area (Å²) in [5, 5.41) is 0. The number of aldehydes is 1. The highest BCUT2D eigenvalue weighted by atomic mass is 33.1. The molecule has 5 nitrogen and oxygen atoms in total. The van der Waals surface area contributed by atoms with E-state index in [1.54, 1.807) is 49.8 Å². The number of hydrogen-bond acceptors (Lipinski definition) is 6. The molecule has 0 aliphatic carbocycles. The zero-order chi connectivity index (χ0) is 15.6. The van der Waals surface area contributed by atoms with Crippen LogP contribution in [0.25, 0.3) is 0 Å². The van der Waals surface area contributed by atoms with Gasteiger partial charge in [0.2, 0.25) is 5.91 Å². The number of rotatable bonds is 11. The molecule has 1 atom stereocenters. The first-order valence-corrected chi connectivity index (χ1v) is 8.92. The zero-order valence-corrected chi connectivity index (χ0v) is 14.5. The minimum atomic E-state index is -0.394. The van der Waals surface area contributed by atoms with Crippen LogP contribution in [0.3, 0.4) is 0 Å². The number of hydrogen-bond donors (Lipinski definition) is 0. The van der Waals surface area contributed by atoms with Gasteiger partial charge in [-0.25, -0.2) is 0 Å². The highest BCUT2D eigenvalue weighted by molar-refractivity contribution is 8.77. The van der Waals surface area contributed by atoms with Crippen LogP contribution in [0.15, 0.2) is 0 Å². The van der Waals surface area contributed by atoms with Crippen LogP contribution in [-0.2, 0) is 19.1 Å². The Labute approximate surface area is 129 Å². The fourth-order valence-corrected chi connectivity index (χ4v) is 4.28. The summed E-state index contributed by atoms with van der Waals surface area (Å²) in [5.41, 5.74) is 0. The van der Waals surface area contributed by atoms with Crippen molar-refractivity contribution in [1.82, 2.24) is 4.90 Å². The zero-order valence-electron chi connectivity index (χ0n) is 12.9. The fraction of sp³-hybridized carbons (Fsp3) is 0.846. The maximum atomic E-state index is 12.1. The van der Waals surface area contributed by atoms with Crippen LogP contribution < -0.4 is 0 Å². The summed E-state index contributed by atoms with van der Waals surface area (Å²) < 4.78 is 10.3. The van der Waals surface area contributed by atoms with Gasteiger partial charge < -0.3 is 19.2 Å². The molecule has 0 saturated carbocycles. The van der Waals surface area contributed by atoms with Gasteiger partial charge in [-0.2, -0.15) is 0 Å². The van der Waals surface area contributed by atoms with Crippen molar-refractivity contribution in [2.75, 3.05) is 40.7 Å². The van der Waals surface area contributed by atoms with Gasteiger partial charge in [-0.05, 0) is 19.6 Å². The Bertz CT molecular complexity index is 285. The van der Waals surface area contributed by atoms with Crippen molar-refractivity contribution in [2.45, 2.75) is 30.6 Å². The predicted molar refractivity (Wildman–Crippen MR) is 85.1 cm³/mol. The van der Waals surface area contributed by atoms with Crippen molar-refractivity contribution >= 4 is 33.8 Å². The number of carbonyl (C=O) groups excluding carboxylic acids is 2. The lowest BCUT2D eigenvalue weighted by molar-refractivity contribution is -0.134. The van der Waals surface area contributed by atoms with E-state index >= 15 is 0 Å². The first-order chi connectivity index (χ1) is 9.46. The minimum absolute atomic E-state index is 0.0390. The van der Waals surface area contributed by atoms with Gasteiger partial charge in [0.05, 0.1) is 24.0 Å². The second-order valence-corrected chi connectivity index (χ2v) is 7.55. The third kappa shape index (κ3) is 6.47. The molecule has 0 saturated heterocycles. The van der Waals surface area contributed by atoms with Gasteiger partial charge in [-0.3, -0.25) is 4.79 Å². The van der Waals surface area contributed by atoms with E-state index in [1.807, 2.05) is 6.26 Å². The Hall–Kier alpha value is -0.240. The third-order valence-corrected chi connectivity index (χ3v) is 5.59. The van der Waals surface area contributed by atoms with E-state index in [2.05, 4.69) is 0 Å². The Morgan fingerprint density at radius 2 is 1.90 bits per heavy atom. The SMILES string of the molecule is COCC(CCC(=O)N(C)[C@@H](C)C=O)(COC)SSC. The highest BCUT2D eigenvalue weighted by Gasteiger charge is 2.32. The molecule has 0 unspecified atom stereocenters. The van der Waals surface area contributed by atoms with Crippen LogP contribution in [0.2, 0.25) is 0 Å². The van der Waals surface area contributed by atoms with Crippen molar-refractivity contribution < 1.29 is 19.1 Å². The molecule has 1 amide bonds. The largest absolute Gasteiger partial charge is 0.383 e. The molecule has 0 aliphatic rings. The summed E-state index contributed by atoms with van der Waals surface area (Å²) in [4.78, 5) is 24.3. The van der Waals surface area contributed by atoms with E-state index in [0.717, 1.165) is 6.29 Å². The van der Waals surface area contributed by atoms with Gasteiger partial charge in [0.1, 0.15) is 6.29 Å². The standard InChI is InChI=1S/C13H25NO4S2/c1-11(8-15)14(2)12(16)6-7-13(9-17-3,10-18-4)20-19-5/h8,11H,6-7,9-10H2,1-5H3/t11-/m0/s1. The molecule has 0 N–H and O–H groups in total. The van der Waals surface area contributed by atoms with Gasteiger partial charge in [0.25, 0.3) is 0 Å². The minimum Gasteiger partial charge on any atom is -0.383 e. The molecule has 20 heavy (non-hydrogen) atoms. The molecule has 0 bridgehead atoms. The Balaban J connectivity index is 4.65. The second kappa shape index (κ2) is 10.5. The number of likely N-dealkylation sites (N-methyl/N-ethyl adjacent to an activating group) is 1. The summed E-state index contributed by atoms with van der Waals surface area (Å²) >= 11 is 0. The van der Waals surface area contributed by atoms with E-state index in [9.17, 15) is 9.59 Å². The van der Waals surface area contributed by atoms with Gasteiger partial charge in [0, 0.05) is 27.7 Å². The fourth-order valence-electron chi connectivity index (χ4n) is 1.81. The molecule has 0 radical (unpaired) electrons. The first-order valence-electron chi connectivity index (χ1n) is 6.37. The normalized spacial score (nSPS) is 13.1. The summed E-state index contributed by atoms with van der Waals surface area (Å²) in [6.45, 7) is 2.75. The molecule has 0 spiro atoms. The molecule has 0 fully saturated rings. The van der Waals surface area contributed by atoms with Crippen LogP contribution in [0.1, 0.15) is 19.8 Å². The quantitative estimate of drug-likeness (QED) is 0.427. The van der Waals surface area contributed by atoms with Gasteiger partial charge in [-0.1, -0.05) is 21.6 Å². The lowest BCUT2D eigenvalue weighted by Crippen LogP contribution is -2.40. The molecule has 7 heteroatoms. The van der Waals surface area contributed by atoms with Crippen LogP contribution in [0.4, 0.5) is 0 Å². The molecule has 0 rings (SSSR count). The Morgan fingerprint density at radius 1 is 1.35 bits per heavy atom. The average molecular weight is 323 g/mol. The summed E-state index contributed by atoms with van der Waals surface area (Å²) in [6, 6.07) is -0.394. The van der Waals surface area contributed by atoms with Crippen molar-refractivity contribution in [3.8, 4) is 0 Å². The van der Waals surface area contributed by atoms with E-state index < -0.39 is 6.04 Å². The summed E-state index contributed by atoms with van der Waals surface area (Å²) in [7, 11) is 8.25. The van der Waals surface area contributed by atoms with Crippen molar-refractivity contribution in [1.29, 1.82) is 0 Å². The molecule has 0 heterocycles. The van der Waals surface area contributed by atoms with Crippen molar-refractivity contribution in [3.63, 3.8) is 0 Å². The summed E-state index contributed by atoms with van der Waals surface area (Å²) in [6.07, 6.45) is 3.78. The lowest BCUT2D eigenvalue weighted by atomic mass is 10.0.